The van der Waals surface area contributed by atoms with E-state index in [1.54, 1.807) is 24.1 Å². The number of benzene rings is 1. The Balaban J connectivity index is 1.91. The molecule has 20 heavy (non-hydrogen) atoms. The maximum Gasteiger partial charge on any atom is 0.352 e. The summed E-state index contributed by atoms with van der Waals surface area (Å²) in [6.45, 7) is 0.563. The summed E-state index contributed by atoms with van der Waals surface area (Å²) in [5.74, 6) is -0.176. The molecule has 1 aromatic carbocycles. The maximum absolute atomic E-state index is 10.9. The van der Waals surface area contributed by atoms with E-state index in [2.05, 4.69) is 10.1 Å². The molecule has 2 aromatic heterocycles. The van der Waals surface area contributed by atoms with Crippen LogP contribution in [0.5, 0.6) is 5.75 Å². The Labute approximate surface area is 114 Å². The zero-order valence-corrected chi connectivity index (χ0v) is 10.8. The van der Waals surface area contributed by atoms with Crippen molar-refractivity contribution >= 4 is 17.0 Å². The van der Waals surface area contributed by atoms with Gasteiger partial charge in [0.05, 0.1) is 19.9 Å². The summed E-state index contributed by atoms with van der Waals surface area (Å²) in [5.41, 5.74) is 1.93. The van der Waals surface area contributed by atoms with Crippen LogP contribution in [0.1, 0.15) is 16.1 Å². The third-order valence-corrected chi connectivity index (χ3v) is 3.14. The molecule has 0 saturated heterocycles. The van der Waals surface area contributed by atoms with Crippen LogP contribution in [0.15, 0.2) is 36.5 Å². The molecule has 2 N–H and O–H groups in total. The summed E-state index contributed by atoms with van der Waals surface area (Å²) in [5, 5.41) is 14.0. The first kappa shape index (κ1) is 12.3. The van der Waals surface area contributed by atoms with Crippen LogP contribution >= 0.6 is 0 Å². The number of rotatable bonds is 4. The van der Waals surface area contributed by atoms with Gasteiger partial charge in [-0.2, -0.15) is 5.10 Å². The summed E-state index contributed by atoms with van der Waals surface area (Å²) in [4.78, 5) is 13.8. The summed E-state index contributed by atoms with van der Waals surface area (Å²) in [7, 11) is 1.62. The molecule has 0 atom stereocenters. The highest BCUT2D eigenvalue weighted by Crippen LogP contribution is 2.17. The zero-order chi connectivity index (χ0) is 14.1. The van der Waals surface area contributed by atoms with Crippen LogP contribution in [0.4, 0.5) is 0 Å². The Hall–Kier alpha value is -2.76. The number of carboxylic acid groups (broad SMARTS) is 1. The monoisotopic (exact) mass is 271 g/mol. The predicted octanol–water partition coefficient (Wildman–Crippen LogP) is 2.12. The van der Waals surface area contributed by atoms with Crippen molar-refractivity contribution in [1.82, 2.24) is 14.8 Å². The van der Waals surface area contributed by atoms with Gasteiger partial charge in [0.2, 0.25) is 0 Å². The Morgan fingerprint density at radius 2 is 2.15 bits per heavy atom. The van der Waals surface area contributed by atoms with Gasteiger partial charge < -0.3 is 14.8 Å². The van der Waals surface area contributed by atoms with Crippen LogP contribution < -0.4 is 4.74 Å². The number of carbonyl (C=O) groups is 1. The maximum atomic E-state index is 10.9. The molecule has 2 heterocycles. The molecule has 102 valence electrons. The van der Waals surface area contributed by atoms with Gasteiger partial charge in [-0.1, -0.05) is 12.1 Å². The lowest BCUT2D eigenvalue weighted by atomic mass is 10.2. The minimum atomic E-state index is -0.975. The lowest BCUT2D eigenvalue weighted by molar-refractivity contribution is 0.0691. The lowest BCUT2D eigenvalue weighted by Gasteiger charge is -2.04. The van der Waals surface area contributed by atoms with E-state index in [0.717, 1.165) is 16.7 Å². The van der Waals surface area contributed by atoms with Crippen molar-refractivity contribution in [3.05, 3.63) is 47.8 Å². The van der Waals surface area contributed by atoms with E-state index in [-0.39, 0.29) is 5.69 Å². The molecule has 0 bridgehead atoms. The smallest absolute Gasteiger partial charge is 0.352 e. The van der Waals surface area contributed by atoms with Gasteiger partial charge in [-0.15, -0.1) is 0 Å². The average molecular weight is 271 g/mol. The average Bonchev–Trinajstić information content (AvgIpc) is 3.02. The van der Waals surface area contributed by atoms with Gasteiger partial charge in [0.25, 0.3) is 0 Å². The number of H-pyrrole nitrogens is 1. The van der Waals surface area contributed by atoms with Gasteiger partial charge in [0.1, 0.15) is 17.1 Å². The number of aromatic amines is 1. The summed E-state index contributed by atoms with van der Waals surface area (Å²) < 4.78 is 6.85. The Bertz CT molecular complexity index is 756. The number of hydrogen-bond acceptors (Lipinski definition) is 3. The molecule has 6 heteroatoms. The Kier molecular flexibility index (Phi) is 2.90. The number of carboxylic acids is 1. The zero-order valence-electron chi connectivity index (χ0n) is 10.8. The van der Waals surface area contributed by atoms with Crippen LogP contribution in [0.2, 0.25) is 0 Å². The molecule has 0 spiro atoms. The van der Waals surface area contributed by atoms with Crippen molar-refractivity contribution in [2.45, 2.75) is 6.54 Å². The number of fused-ring (bicyclic) bond motifs is 1. The molecule has 0 aliphatic rings. The first-order valence-corrected chi connectivity index (χ1v) is 6.08. The molecule has 0 unspecified atom stereocenters. The molecule has 0 fully saturated rings. The third kappa shape index (κ3) is 2.11. The van der Waals surface area contributed by atoms with E-state index in [9.17, 15) is 4.79 Å². The minimum absolute atomic E-state index is 0.167. The van der Waals surface area contributed by atoms with Crippen molar-refractivity contribution < 1.29 is 14.6 Å². The second-order valence-electron chi connectivity index (χ2n) is 4.44. The molecule has 0 radical (unpaired) electrons. The first-order chi connectivity index (χ1) is 9.67. The van der Waals surface area contributed by atoms with Crippen LogP contribution in [-0.2, 0) is 6.54 Å². The quantitative estimate of drug-likeness (QED) is 0.761. The Morgan fingerprint density at radius 3 is 2.80 bits per heavy atom. The van der Waals surface area contributed by atoms with E-state index in [4.69, 9.17) is 9.84 Å². The van der Waals surface area contributed by atoms with Crippen molar-refractivity contribution in [2.75, 3.05) is 7.11 Å². The summed E-state index contributed by atoms with van der Waals surface area (Å²) in [6.07, 6.45) is 1.65. The van der Waals surface area contributed by atoms with Crippen LogP contribution in [0.25, 0.3) is 11.0 Å². The molecule has 0 amide bonds. The van der Waals surface area contributed by atoms with Crippen molar-refractivity contribution in [3.8, 4) is 5.75 Å². The highest BCUT2D eigenvalue weighted by atomic mass is 16.5. The van der Waals surface area contributed by atoms with E-state index < -0.39 is 5.97 Å². The second kappa shape index (κ2) is 4.73. The third-order valence-electron chi connectivity index (χ3n) is 3.14. The molecular weight excluding hydrogens is 258 g/mol. The van der Waals surface area contributed by atoms with Crippen LogP contribution in [0, 0.1) is 0 Å². The topological polar surface area (TPSA) is 80.1 Å². The summed E-state index contributed by atoms with van der Waals surface area (Å²) in [6, 6.07) is 9.25. The molecule has 0 saturated carbocycles. The van der Waals surface area contributed by atoms with Crippen LogP contribution in [0.3, 0.4) is 0 Å². The normalized spacial score (nSPS) is 10.8. The number of nitrogens with one attached hydrogen (secondary N) is 1. The predicted molar refractivity (Wildman–Crippen MR) is 73.1 cm³/mol. The van der Waals surface area contributed by atoms with Gasteiger partial charge >= 0.3 is 5.97 Å². The van der Waals surface area contributed by atoms with E-state index >= 15 is 0 Å². The van der Waals surface area contributed by atoms with E-state index in [1.807, 2.05) is 24.3 Å². The van der Waals surface area contributed by atoms with Gasteiger partial charge in [0, 0.05) is 5.39 Å². The standard InChI is InChI=1S/C14H13N3O3/c1-20-11-4-2-9(3-5-11)8-17-13-10(7-15-17)6-12(16-13)14(18)19/h2-7,16H,8H2,1H3,(H,18,19). The van der Waals surface area contributed by atoms with Gasteiger partial charge in [-0.3, -0.25) is 0 Å². The molecule has 3 aromatic rings. The largest absolute Gasteiger partial charge is 0.497 e. The highest BCUT2D eigenvalue weighted by molar-refractivity contribution is 5.92. The van der Waals surface area contributed by atoms with Crippen molar-refractivity contribution in [1.29, 1.82) is 0 Å². The number of aromatic carboxylic acids is 1. The number of ether oxygens (including phenoxy) is 1. The van der Waals surface area contributed by atoms with Gasteiger partial charge in [0.15, 0.2) is 0 Å². The molecule has 6 nitrogen and oxygen atoms in total. The number of hydrogen-bond donors (Lipinski definition) is 2. The fourth-order valence-electron chi connectivity index (χ4n) is 2.10. The van der Waals surface area contributed by atoms with Gasteiger partial charge in [-0.05, 0) is 23.8 Å². The van der Waals surface area contributed by atoms with Crippen molar-refractivity contribution in [2.24, 2.45) is 0 Å². The fraction of sp³-hybridized carbons (Fsp3) is 0.143. The Morgan fingerprint density at radius 1 is 1.40 bits per heavy atom. The van der Waals surface area contributed by atoms with E-state index in [0.29, 0.717) is 12.2 Å². The number of nitrogens with zero attached hydrogens (tertiary/aromatic N) is 2. The van der Waals surface area contributed by atoms with Crippen LogP contribution in [-0.4, -0.2) is 33.0 Å². The lowest BCUT2D eigenvalue weighted by Crippen LogP contribution is -2.03. The molecular formula is C14H13N3O3. The first-order valence-electron chi connectivity index (χ1n) is 6.08. The second-order valence-corrected chi connectivity index (χ2v) is 4.44. The van der Waals surface area contributed by atoms with Crippen molar-refractivity contribution in [3.63, 3.8) is 0 Å². The van der Waals surface area contributed by atoms with E-state index in [1.165, 1.54) is 0 Å². The molecule has 3 rings (SSSR count). The minimum Gasteiger partial charge on any atom is -0.497 e. The van der Waals surface area contributed by atoms with Gasteiger partial charge in [-0.25, -0.2) is 9.48 Å². The fourth-order valence-corrected chi connectivity index (χ4v) is 2.10. The summed E-state index contributed by atoms with van der Waals surface area (Å²) >= 11 is 0. The molecule has 0 aliphatic heterocycles. The number of methoxy groups -OCH3 is 1. The molecule has 0 aliphatic carbocycles. The number of aromatic nitrogens is 3. The SMILES string of the molecule is COc1ccc(Cn2ncc3cc(C(=O)O)[nH]c32)cc1. The highest BCUT2D eigenvalue weighted by Gasteiger charge is 2.11.